The lowest BCUT2D eigenvalue weighted by atomic mass is 9.35. The van der Waals surface area contributed by atoms with Gasteiger partial charge in [0, 0.05) is 50.9 Å². The molecule has 5 aliphatic rings. The molecule has 0 bridgehead atoms. The van der Waals surface area contributed by atoms with Crippen LogP contribution in [0.1, 0.15) is 187 Å². The minimum Gasteiger partial charge on any atom is -0.468 e. The molecule has 0 radical (unpaired) electrons. The summed E-state index contributed by atoms with van der Waals surface area (Å²) in [6, 6.07) is 52.4. The summed E-state index contributed by atoms with van der Waals surface area (Å²) in [7, 11) is 0. The molecule has 0 unspecified atom stereocenters. The van der Waals surface area contributed by atoms with Crippen LogP contribution in [-0.4, -0.2) is 6.71 Å². The number of para-hydroxylation sites is 1. The van der Waals surface area contributed by atoms with Gasteiger partial charge in [0.1, 0.15) is 5.58 Å². The Morgan fingerprint density at radius 1 is 0.449 bits per heavy atom. The third kappa shape index (κ3) is 7.73. The van der Waals surface area contributed by atoms with Crippen molar-refractivity contribution in [3.8, 4) is 0 Å². The summed E-state index contributed by atoms with van der Waals surface area (Å²) in [6.07, 6.45) is 6.95. The molecule has 0 amide bonds. The van der Waals surface area contributed by atoms with Crippen molar-refractivity contribution in [3.05, 3.63) is 178 Å². The molecule has 0 N–H and O–H groups in total. The van der Waals surface area contributed by atoms with E-state index in [1.54, 1.807) is 0 Å². The Hall–Kier alpha value is -6.46. The Morgan fingerprint density at radius 3 is 1.45 bits per heavy atom. The van der Waals surface area contributed by atoms with Crippen LogP contribution in [0.4, 0.5) is 51.2 Å². The number of hydrogen-bond donors (Lipinski definition) is 0. The Labute approximate surface area is 467 Å². The minimum absolute atomic E-state index is 0.0241. The predicted octanol–water partition coefficient (Wildman–Crippen LogP) is 18.6. The van der Waals surface area contributed by atoms with Gasteiger partial charge in [0.25, 0.3) is 6.71 Å². The van der Waals surface area contributed by atoms with Crippen LogP contribution in [0.5, 0.6) is 0 Å². The molecule has 7 aromatic carbocycles. The number of furan rings is 1. The maximum Gasteiger partial charge on any atom is 0.297 e. The summed E-state index contributed by atoms with van der Waals surface area (Å²) in [5.41, 5.74) is 26.8. The highest BCUT2D eigenvalue weighted by molar-refractivity contribution is 7.00. The van der Waals surface area contributed by atoms with Crippen molar-refractivity contribution in [1.82, 2.24) is 0 Å². The van der Waals surface area contributed by atoms with Crippen LogP contribution in [0, 0.1) is 6.92 Å². The maximum atomic E-state index is 7.74. The molecule has 0 saturated carbocycles. The molecular formula is C73H82BN3O. The van der Waals surface area contributed by atoms with Gasteiger partial charge < -0.3 is 19.1 Å². The van der Waals surface area contributed by atoms with Crippen molar-refractivity contribution in [3.63, 3.8) is 0 Å². The van der Waals surface area contributed by atoms with Crippen molar-refractivity contribution in [1.29, 1.82) is 0 Å². The third-order valence-electron chi connectivity index (χ3n) is 20.2. The Morgan fingerprint density at radius 2 is 0.910 bits per heavy atom. The number of hydrogen-bond acceptors (Lipinski definition) is 4. The molecule has 0 atom stereocenters. The molecule has 0 fully saturated rings. The van der Waals surface area contributed by atoms with Crippen LogP contribution < -0.4 is 31.3 Å². The van der Waals surface area contributed by atoms with E-state index in [1.165, 1.54) is 108 Å². The highest BCUT2D eigenvalue weighted by atomic mass is 16.3. The second kappa shape index (κ2) is 16.8. The summed E-state index contributed by atoms with van der Waals surface area (Å²) < 4.78 is 7.74. The molecule has 13 rings (SSSR count). The lowest BCUT2D eigenvalue weighted by Gasteiger charge is -2.45. The van der Waals surface area contributed by atoms with E-state index < -0.39 is 0 Å². The van der Waals surface area contributed by atoms with Crippen molar-refractivity contribution in [2.24, 2.45) is 0 Å². The predicted molar refractivity (Wildman–Crippen MR) is 334 cm³/mol. The summed E-state index contributed by atoms with van der Waals surface area (Å²) in [6.45, 7) is 38.4. The van der Waals surface area contributed by atoms with Gasteiger partial charge in [-0.15, -0.1) is 0 Å². The van der Waals surface area contributed by atoms with E-state index in [2.05, 4.69) is 259 Å². The van der Waals surface area contributed by atoms with Gasteiger partial charge in [0.2, 0.25) is 0 Å². The largest absolute Gasteiger partial charge is 0.468 e. The number of fused-ring (bicyclic) bond motifs is 9. The van der Waals surface area contributed by atoms with Gasteiger partial charge in [-0.05, 0) is 224 Å². The topological polar surface area (TPSA) is 22.9 Å². The first-order valence-electron chi connectivity index (χ1n) is 29.4. The number of anilines is 9. The number of benzene rings is 7. The average molecular weight is 1030 g/mol. The van der Waals surface area contributed by atoms with E-state index in [0.717, 1.165) is 54.0 Å². The van der Waals surface area contributed by atoms with E-state index in [0.29, 0.717) is 0 Å². The van der Waals surface area contributed by atoms with E-state index >= 15 is 0 Å². The van der Waals surface area contributed by atoms with Crippen LogP contribution >= 0.6 is 0 Å². The van der Waals surface area contributed by atoms with Crippen LogP contribution in [0.15, 0.2) is 138 Å². The molecular weight excluding hydrogens is 946 g/mol. The number of aryl methyl sites for hydroxylation is 1. The lowest BCUT2D eigenvalue weighted by molar-refractivity contribution is 0.332. The second-order valence-corrected chi connectivity index (χ2v) is 29.5. The first-order chi connectivity index (χ1) is 36.7. The van der Waals surface area contributed by atoms with Gasteiger partial charge in [-0.1, -0.05) is 152 Å². The first kappa shape index (κ1) is 51.0. The molecule has 4 nitrogen and oxygen atoms in total. The van der Waals surface area contributed by atoms with Crippen molar-refractivity contribution >= 4 is 85.5 Å². The lowest BCUT2D eigenvalue weighted by Crippen LogP contribution is -2.61. The first-order valence-corrected chi connectivity index (χ1v) is 29.4. The molecule has 3 heterocycles. The Bertz CT molecular complexity index is 3760. The monoisotopic (exact) mass is 1030 g/mol. The van der Waals surface area contributed by atoms with Gasteiger partial charge in [-0.3, -0.25) is 0 Å². The van der Waals surface area contributed by atoms with E-state index in [-0.39, 0.29) is 44.6 Å². The zero-order chi connectivity index (χ0) is 55.0. The van der Waals surface area contributed by atoms with Crippen LogP contribution in [-0.2, 0) is 37.9 Å². The van der Waals surface area contributed by atoms with Gasteiger partial charge in [0.15, 0.2) is 0 Å². The molecule has 0 spiro atoms. The molecule has 2 aliphatic heterocycles. The normalized spacial score (nSPS) is 19.5. The van der Waals surface area contributed by atoms with Gasteiger partial charge >= 0.3 is 0 Å². The fraction of sp³-hybridized carbons (Fsp3) is 0.397. The molecule has 1 aromatic heterocycles. The van der Waals surface area contributed by atoms with Crippen LogP contribution in [0.2, 0.25) is 0 Å². The second-order valence-electron chi connectivity index (χ2n) is 29.5. The smallest absolute Gasteiger partial charge is 0.297 e. The zero-order valence-electron chi connectivity index (χ0n) is 49.8. The average Bonchev–Trinajstić information content (AvgIpc) is 2.44. The Balaban J connectivity index is 1.12. The summed E-state index contributed by atoms with van der Waals surface area (Å²) in [5.74, 6) is 0. The number of nitrogens with zero attached hydrogens (tertiary/aromatic N) is 3. The quantitative estimate of drug-likeness (QED) is 0.160. The van der Waals surface area contributed by atoms with E-state index in [4.69, 9.17) is 4.42 Å². The van der Waals surface area contributed by atoms with E-state index in [9.17, 15) is 0 Å². The molecule has 398 valence electrons. The van der Waals surface area contributed by atoms with E-state index in [1.807, 2.05) is 0 Å². The fourth-order valence-electron chi connectivity index (χ4n) is 14.9. The molecule has 3 aliphatic carbocycles. The summed E-state index contributed by atoms with van der Waals surface area (Å²) in [5, 5.41) is 1.20. The summed E-state index contributed by atoms with van der Waals surface area (Å²) in [4.78, 5) is 7.73. The van der Waals surface area contributed by atoms with Gasteiger partial charge in [0.05, 0.1) is 11.3 Å². The SMILES string of the molecule is Cc1cc2c3c(c1)N(c1ccc4c(c1)C(C)(C)CCC4(C)C)c1c(oc4cc5c(cc14)C(C)(C)CCC5(C)C)B3c1ccc(N(c3ccccc3)c3ccc(C(C)(C)C)cc3)cc1N2c1ccc2c(c1)C(C)(C)CCC2(C)C. The van der Waals surface area contributed by atoms with Crippen molar-refractivity contribution < 1.29 is 4.42 Å². The fourth-order valence-corrected chi connectivity index (χ4v) is 14.9. The minimum atomic E-state index is -0.176. The molecule has 78 heavy (non-hydrogen) atoms. The highest BCUT2D eigenvalue weighted by Crippen LogP contribution is 2.55. The molecule has 5 heteroatoms. The maximum absolute atomic E-state index is 7.74. The third-order valence-corrected chi connectivity index (χ3v) is 20.2. The highest BCUT2D eigenvalue weighted by Gasteiger charge is 2.49. The molecule has 0 saturated heterocycles. The Kier molecular flexibility index (Phi) is 11.0. The summed E-state index contributed by atoms with van der Waals surface area (Å²) >= 11 is 0. The van der Waals surface area contributed by atoms with Gasteiger partial charge in [-0.25, -0.2) is 0 Å². The number of rotatable bonds is 5. The van der Waals surface area contributed by atoms with Crippen LogP contribution in [0.25, 0.3) is 11.0 Å². The molecule has 8 aromatic rings. The van der Waals surface area contributed by atoms with Gasteiger partial charge in [-0.2, -0.15) is 0 Å². The van der Waals surface area contributed by atoms with Crippen molar-refractivity contribution in [2.75, 3.05) is 14.7 Å². The zero-order valence-corrected chi connectivity index (χ0v) is 49.8. The van der Waals surface area contributed by atoms with Crippen molar-refractivity contribution in [2.45, 2.75) is 187 Å². The standard InChI is InChI=1S/C73H82BN3O/c1-45-38-61-64-62(39-45)77(50-27-30-54-56(41-50)71(11,12)35-33-69(54,7)8)65-52-43-57-58(73(15,16)37-36-72(57,13)14)44-63(52)78-66(65)74(64)59-31-28-51(75(47-20-18-17-19-21-47)48-24-22-46(23-25-48)67(2,3)4)42-60(59)76(61)49-26-29-53-55(40-49)70(9,10)34-32-68(53,5)6/h17-31,38-44H,32-37H2,1-16H3. The van der Waals surface area contributed by atoms with Crippen LogP contribution in [0.3, 0.4) is 0 Å².